The molecule has 146 valence electrons. The van der Waals surface area contributed by atoms with Gasteiger partial charge in [-0.3, -0.25) is 4.79 Å². The molecule has 28 heavy (non-hydrogen) atoms. The molecule has 2 aliphatic carbocycles. The van der Waals surface area contributed by atoms with Gasteiger partial charge in [0.1, 0.15) is 5.52 Å². The van der Waals surface area contributed by atoms with Crippen LogP contribution in [-0.4, -0.2) is 21.8 Å². The summed E-state index contributed by atoms with van der Waals surface area (Å²) >= 11 is 1.75. The molecule has 1 aromatic carbocycles. The summed E-state index contributed by atoms with van der Waals surface area (Å²) in [6.07, 6.45) is 14.1. The third-order valence-corrected chi connectivity index (χ3v) is 7.50. The van der Waals surface area contributed by atoms with Crippen LogP contribution in [0.2, 0.25) is 0 Å². The van der Waals surface area contributed by atoms with Gasteiger partial charge in [0.2, 0.25) is 0 Å². The van der Waals surface area contributed by atoms with Crippen molar-refractivity contribution in [2.24, 2.45) is 12.5 Å². The molecule has 0 unspecified atom stereocenters. The van der Waals surface area contributed by atoms with Crippen molar-refractivity contribution in [2.75, 3.05) is 11.6 Å². The predicted octanol–water partition coefficient (Wildman–Crippen LogP) is 5.39. The van der Waals surface area contributed by atoms with Crippen LogP contribution < -0.4 is 10.9 Å². The summed E-state index contributed by atoms with van der Waals surface area (Å²) < 4.78 is 1.68. The fourth-order valence-corrected chi connectivity index (χ4v) is 5.19. The van der Waals surface area contributed by atoms with Crippen LogP contribution in [-0.2, 0) is 7.05 Å². The Balaban J connectivity index is 1.56. The van der Waals surface area contributed by atoms with Crippen molar-refractivity contribution in [2.45, 2.75) is 49.5 Å². The number of aromatic amines is 1. The lowest BCUT2D eigenvalue weighted by atomic mass is 9.83. The molecule has 3 aromatic rings. The highest BCUT2D eigenvalue weighted by atomic mass is 32.2. The largest absolute Gasteiger partial charge is 0.382 e. The van der Waals surface area contributed by atoms with Crippen LogP contribution in [0.3, 0.4) is 0 Å². The number of H-pyrrole nitrogens is 1. The number of aryl methyl sites for hydroxylation is 1. The van der Waals surface area contributed by atoms with Crippen molar-refractivity contribution in [1.82, 2.24) is 9.55 Å². The Kier molecular flexibility index (Phi) is 4.31. The third kappa shape index (κ3) is 3.06. The smallest absolute Gasteiger partial charge is 0.274 e. The Hall–Kier alpha value is -2.14. The highest BCUT2D eigenvalue weighted by Gasteiger charge is 2.44. The highest BCUT2D eigenvalue weighted by Crippen LogP contribution is 2.56. The number of nitrogens with zero attached hydrogens (tertiary/aromatic N) is 1. The normalized spacial score (nSPS) is 18.6. The minimum absolute atomic E-state index is 0.0151. The lowest BCUT2D eigenvalue weighted by Crippen LogP contribution is -2.27. The lowest BCUT2D eigenvalue weighted by Gasteiger charge is -2.30. The van der Waals surface area contributed by atoms with Crippen molar-refractivity contribution in [3.63, 3.8) is 0 Å². The molecule has 2 fully saturated rings. The van der Waals surface area contributed by atoms with Crippen LogP contribution in [0.5, 0.6) is 0 Å². The maximum Gasteiger partial charge on any atom is 0.274 e. The molecule has 2 N–H and O–H groups in total. The third-order valence-electron chi connectivity index (χ3n) is 6.77. The zero-order valence-electron chi connectivity index (χ0n) is 16.5. The van der Waals surface area contributed by atoms with Crippen molar-refractivity contribution in [3.8, 4) is 11.1 Å². The lowest BCUT2D eigenvalue weighted by molar-refractivity contribution is 0.317. The summed E-state index contributed by atoms with van der Waals surface area (Å²) in [5, 5.41) is 4.84. The first-order valence-corrected chi connectivity index (χ1v) is 11.4. The number of hydrogen-bond donors (Lipinski definition) is 2. The van der Waals surface area contributed by atoms with Gasteiger partial charge in [0, 0.05) is 52.6 Å². The number of hydrogen-bond acceptors (Lipinski definition) is 3. The molecule has 2 heterocycles. The number of fused-ring (bicyclic) bond motifs is 1. The van der Waals surface area contributed by atoms with Crippen LogP contribution in [0.1, 0.15) is 38.5 Å². The Morgan fingerprint density at radius 2 is 1.93 bits per heavy atom. The topological polar surface area (TPSA) is 49.8 Å². The van der Waals surface area contributed by atoms with Crippen LogP contribution in [0.15, 0.2) is 46.3 Å². The number of anilines is 1. The Labute approximate surface area is 169 Å². The number of nitrogens with one attached hydrogen (secondary N) is 2. The fraction of sp³-hybridized carbons (Fsp3) is 0.435. The molecule has 0 amide bonds. The Bertz CT molecular complexity index is 1080. The number of rotatable bonds is 4. The monoisotopic (exact) mass is 393 g/mol. The van der Waals surface area contributed by atoms with Crippen molar-refractivity contribution >= 4 is 28.4 Å². The number of aromatic nitrogens is 2. The zero-order valence-corrected chi connectivity index (χ0v) is 17.4. The van der Waals surface area contributed by atoms with Crippen molar-refractivity contribution < 1.29 is 0 Å². The summed E-state index contributed by atoms with van der Waals surface area (Å²) in [5.74, 6) is 0. The van der Waals surface area contributed by atoms with Gasteiger partial charge in [0.05, 0.1) is 0 Å². The minimum Gasteiger partial charge on any atom is -0.382 e. The van der Waals surface area contributed by atoms with E-state index in [1.807, 2.05) is 25.5 Å². The van der Waals surface area contributed by atoms with E-state index < -0.39 is 0 Å². The first kappa shape index (κ1) is 17.9. The highest BCUT2D eigenvalue weighted by molar-refractivity contribution is 7.98. The van der Waals surface area contributed by atoms with Gasteiger partial charge >= 0.3 is 0 Å². The Morgan fingerprint density at radius 3 is 2.64 bits per heavy atom. The molecular formula is C23H27N3OS. The molecule has 2 saturated carbocycles. The van der Waals surface area contributed by atoms with Crippen molar-refractivity contribution in [3.05, 3.63) is 47.0 Å². The summed E-state index contributed by atoms with van der Waals surface area (Å²) in [6, 6.07) is 9.22. The molecule has 0 aliphatic heterocycles. The summed E-state index contributed by atoms with van der Waals surface area (Å²) in [7, 11) is 1.83. The molecule has 0 bridgehead atoms. The first-order valence-electron chi connectivity index (χ1n) is 10.2. The minimum atomic E-state index is 0.0151. The Morgan fingerprint density at radius 1 is 1.14 bits per heavy atom. The molecule has 2 aromatic heterocycles. The van der Waals surface area contributed by atoms with Crippen LogP contribution in [0, 0.1) is 5.41 Å². The molecule has 5 heteroatoms. The summed E-state index contributed by atoms with van der Waals surface area (Å²) in [6.45, 7) is 0. The standard InChI is InChI=1S/C23H27N3OS/c1-26-14-19(17-7-12-24-21(17)22(26)27)18-13-16(28-2)3-4-20(18)25-15-5-8-23(9-6-15)10-11-23/h3-4,7,12-15,24-25H,5-6,8-11H2,1-2H3. The molecule has 0 radical (unpaired) electrons. The number of benzene rings is 1. The van der Waals surface area contributed by atoms with E-state index in [-0.39, 0.29) is 5.56 Å². The van der Waals surface area contributed by atoms with Gasteiger partial charge in [-0.15, -0.1) is 11.8 Å². The molecule has 2 aliphatic rings. The van der Waals surface area contributed by atoms with Gasteiger partial charge in [-0.2, -0.15) is 0 Å². The van der Waals surface area contributed by atoms with Gasteiger partial charge in [-0.1, -0.05) is 0 Å². The molecule has 0 saturated heterocycles. The zero-order chi connectivity index (χ0) is 19.3. The fourth-order valence-electron chi connectivity index (χ4n) is 4.75. The SMILES string of the molecule is CSc1ccc(NC2CCC3(CC2)CC3)c(-c2cn(C)c(=O)c3[nH]ccc23)c1. The van der Waals surface area contributed by atoms with Gasteiger partial charge < -0.3 is 14.9 Å². The second kappa shape index (κ2) is 6.73. The van der Waals surface area contributed by atoms with E-state index in [1.165, 1.54) is 54.7 Å². The quantitative estimate of drug-likeness (QED) is 0.584. The van der Waals surface area contributed by atoms with Gasteiger partial charge in [-0.25, -0.2) is 0 Å². The summed E-state index contributed by atoms with van der Waals surface area (Å²) in [5.41, 5.74) is 4.86. The van der Waals surface area contributed by atoms with E-state index in [2.05, 4.69) is 34.8 Å². The summed E-state index contributed by atoms with van der Waals surface area (Å²) in [4.78, 5) is 16.8. The van der Waals surface area contributed by atoms with Crippen LogP contribution >= 0.6 is 11.8 Å². The van der Waals surface area contributed by atoms with E-state index in [0.717, 1.165) is 10.9 Å². The second-order valence-electron chi connectivity index (χ2n) is 8.56. The average Bonchev–Trinajstić information content (AvgIpc) is 3.28. The predicted molar refractivity (Wildman–Crippen MR) is 118 cm³/mol. The molecule has 0 atom stereocenters. The average molecular weight is 394 g/mol. The van der Waals surface area contributed by atoms with Gasteiger partial charge in [-0.05, 0) is 74.5 Å². The van der Waals surface area contributed by atoms with Crippen LogP contribution in [0.25, 0.3) is 22.0 Å². The van der Waals surface area contributed by atoms with E-state index in [4.69, 9.17) is 0 Å². The van der Waals surface area contributed by atoms with Crippen LogP contribution in [0.4, 0.5) is 5.69 Å². The molecule has 1 spiro atoms. The first-order chi connectivity index (χ1) is 13.6. The molecular weight excluding hydrogens is 366 g/mol. The maximum absolute atomic E-state index is 12.5. The maximum atomic E-state index is 12.5. The number of pyridine rings is 1. The van der Waals surface area contributed by atoms with E-state index in [0.29, 0.717) is 17.0 Å². The van der Waals surface area contributed by atoms with E-state index >= 15 is 0 Å². The van der Waals surface area contributed by atoms with E-state index in [9.17, 15) is 4.79 Å². The van der Waals surface area contributed by atoms with Crippen molar-refractivity contribution in [1.29, 1.82) is 0 Å². The molecule has 5 rings (SSSR count). The number of thioether (sulfide) groups is 1. The van der Waals surface area contributed by atoms with Gasteiger partial charge in [0.15, 0.2) is 0 Å². The molecule has 4 nitrogen and oxygen atoms in total. The van der Waals surface area contributed by atoms with Gasteiger partial charge in [0.25, 0.3) is 5.56 Å². The van der Waals surface area contributed by atoms with E-state index in [1.54, 1.807) is 16.3 Å². The second-order valence-corrected chi connectivity index (χ2v) is 9.43.